The highest BCUT2D eigenvalue weighted by Gasteiger charge is 2.64. The molecule has 0 bridgehead atoms. The molecule has 0 amide bonds. The molecule has 0 aliphatic heterocycles. The van der Waals surface area contributed by atoms with Crippen molar-refractivity contribution in [2.24, 2.45) is 23.7 Å². The highest BCUT2D eigenvalue weighted by atomic mass is 14.7. The zero-order valence-electron chi connectivity index (χ0n) is 4.43. The summed E-state index contributed by atoms with van der Waals surface area (Å²) in [7, 11) is 0. The van der Waals surface area contributed by atoms with Gasteiger partial charge in [-0.1, -0.05) is 0 Å². The van der Waals surface area contributed by atoms with Crippen molar-refractivity contribution in [3.05, 3.63) is 0 Å². The third kappa shape index (κ3) is 0.181. The molecule has 0 saturated heterocycles. The van der Waals surface area contributed by atoms with Crippen LogP contribution in [0.4, 0.5) is 0 Å². The van der Waals surface area contributed by atoms with Gasteiger partial charge in [0, 0.05) is 0 Å². The van der Waals surface area contributed by atoms with Gasteiger partial charge in [-0.25, -0.2) is 0 Å². The third-order valence-electron chi connectivity index (χ3n) is 3.37. The van der Waals surface area contributed by atoms with Gasteiger partial charge in [0.25, 0.3) is 0 Å². The molecule has 7 heavy (non-hydrogen) atoms. The first-order valence-electron chi connectivity index (χ1n) is 3.47. The lowest BCUT2D eigenvalue weighted by Gasteiger charge is -2.45. The Labute approximate surface area is 43.9 Å². The Bertz CT molecular complexity index is 103. The van der Waals surface area contributed by atoms with Crippen LogP contribution in [-0.4, -0.2) is 0 Å². The van der Waals surface area contributed by atoms with E-state index in [0.717, 1.165) is 0 Å². The van der Waals surface area contributed by atoms with E-state index in [-0.39, 0.29) is 0 Å². The molecule has 3 fully saturated rings. The van der Waals surface area contributed by atoms with Crippen molar-refractivity contribution in [3.63, 3.8) is 0 Å². The molecule has 0 aromatic heterocycles. The maximum atomic E-state index is 1.62. The summed E-state index contributed by atoms with van der Waals surface area (Å²) in [4.78, 5) is 0. The minimum atomic E-state index is 1.25. The van der Waals surface area contributed by atoms with Crippen LogP contribution in [0, 0.1) is 23.7 Å². The number of hydrogen-bond acceptors (Lipinski definition) is 0. The van der Waals surface area contributed by atoms with Gasteiger partial charge in [0.1, 0.15) is 0 Å². The molecule has 3 saturated carbocycles. The Balaban J connectivity index is 1.98. The Kier molecular flexibility index (Phi) is 0.296. The Morgan fingerprint density at radius 2 is 1.29 bits per heavy atom. The average Bonchev–Trinajstić information content (AvgIpc) is 2.14. The van der Waals surface area contributed by atoms with Crippen molar-refractivity contribution < 1.29 is 0 Å². The molecule has 3 rings (SSSR count). The van der Waals surface area contributed by atoms with Gasteiger partial charge in [-0.3, -0.25) is 0 Å². The van der Waals surface area contributed by atoms with Crippen LogP contribution in [0.25, 0.3) is 0 Å². The summed E-state index contributed by atoms with van der Waals surface area (Å²) in [6.45, 7) is 0. The first-order chi connectivity index (χ1) is 3.47. The molecular weight excluding hydrogens is 84.1 g/mol. The van der Waals surface area contributed by atoms with Crippen LogP contribution in [-0.2, 0) is 0 Å². The van der Waals surface area contributed by atoms with Crippen molar-refractivity contribution in [1.82, 2.24) is 0 Å². The van der Waals surface area contributed by atoms with E-state index in [0.29, 0.717) is 0 Å². The van der Waals surface area contributed by atoms with Crippen molar-refractivity contribution in [3.8, 4) is 0 Å². The Morgan fingerprint density at radius 3 is 1.57 bits per heavy atom. The van der Waals surface area contributed by atoms with Crippen molar-refractivity contribution in [2.75, 3.05) is 0 Å². The van der Waals surface area contributed by atoms with Crippen molar-refractivity contribution >= 4 is 0 Å². The lowest BCUT2D eigenvalue weighted by Crippen LogP contribution is -2.38. The predicted molar refractivity (Wildman–Crippen MR) is 27.8 cm³/mol. The van der Waals surface area contributed by atoms with E-state index in [1.165, 1.54) is 23.7 Å². The van der Waals surface area contributed by atoms with Gasteiger partial charge >= 0.3 is 0 Å². The number of rotatable bonds is 0. The molecule has 0 heteroatoms. The van der Waals surface area contributed by atoms with Crippen LogP contribution in [0.15, 0.2) is 0 Å². The summed E-state index contributed by atoms with van der Waals surface area (Å²) in [6.07, 6.45) is 4.80. The second-order valence-electron chi connectivity index (χ2n) is 3.47. The van der Waals surface area contributed by atoms with Crippen LogP contribution < -0.4 is 0 Å². The summed E-state index contributed by atoms with van der Waals surface area (Å²) in [5.41, 5.74) is 0. The highest BCUT2D eigenvalue weighted by molar-refractivity contribution is 5.13. The largest absolute Gasteiger partial charge is 0.0496 e. The first-order valence-corrected chi connectivity index (χ1v) is 3.47. The molecule has 3 aliphatic carbocycles. The zero-order chi connectivity index (χ0) is 4.43. The van der Waals surface area contributed by atoms with E-state index in [9.17, 15) is 0 Å². The van der Waals surface area contributed by atoms with Crippen LogP contribution in [0.5, 0.6) is 0 Å². The van der Waals surface area contributed by atoms with E-state index >= 15 is 0 Å². The molecule has 0 unspecified atom stereocenters. The second-order valence-corrected chi connectivity index (χ2v) is 3.47. The van der Waals surface area contributed by atoms with E-state index in [1.807, 2.05) is 0 Å². The molecule has 0 heterocycles. The maximum absolute atomic E-state index is 1.62. The summed E-state index contributed by atoms with van der Waals surface area (Å²) in [5.74, 6) is 5.03. The lowest BCUT2D eigenvalue weighted by molar-refractivity contribution is 0.0372. The normalized spacial score (nSPS) is 72.0. The Morgan fingerprint density at radius 1 is 0.714 bits per heavy atom. The van der Waals surface area contributed by atoms with Crippen molar-refractivity contribution in [1.29, 1.82) is 0 Å². The molecule has 0 N–H and O–H groups in total. The fourth-order valence-electron chi connectivity index (χ4n) is 2.69. The van der Waals surface area contributed by atoms with Gasteiger partial charge in [-0.2, -0.15) is 0 Å². The van der Waals surface area contributed by atoms with Gasteiger partial charge in [-0.15, -0.1) is 0 Å². The van der Waals surface area contributed by atoms with Gasteiger partial charge in [0.2, 0.25) is 0 Å². The predicted octanol–water partition coefficient (Wildman–Crippen LogP) is 1.66. The molecular formula is C7H10. The molecule has 3 aliphatic rings. The monoisotopic (exact) mass is 94.1 g/mol. The summed E-state index contributed by atoms with van der Waals surface area (Å²) in [5, 5.41) is 0. The van der Waals surface area contributed by atoms with Crippen LogP contribution in [0.1, 0.15) is 19.3 Å². The molecule has 0 spiro atoms. The van der Waals surface area contributed by atoms with Gasteiger partial charge < -0.3 is 0 Å². The smallest absolute Gasteiger partial charge is 0.0349 e. The molecule has 38 valence electrons. The van der Waals surface area contributed by atoms with E-state index in [2.05, 4.69) is 0 Å². The maximum Gasteiger partial charge on any atom is -0.0349 e. The second kappa shape index (κ2) is 0.667. The number of fused-ring (bicyclic) bond motifs is 4. The molecule has 0 radical (unpaired) electrons. The third-order valence-corrected chi connectivity index (χ3v) is 3.37. The zero-order valence-corrected chi connectivity index (χ0v) is 4.43. The van der Waals surface area contributed by atoms with Gasteiger partial charge in [0.05, 0.1) is 0 Å². The molecule has 0 nitrogen and oxygen atoms in total. The molecule has 4 atom stereocenters. The summed E-state index contributed by atoms with van der Waals surface area (Å²) < 4.78 is 0. The van der Waals surface area contributed by atoms with Crippen molar-refractivity contribution in [2.45, 2.75) is 19.3 Å². The van der Waals surface area contributed by atoms with Crippen LogP contribution in [0.3, 0.4) is 0 Å². The van der Waals surface area contributed by atoms with E-state index < -0.39 is 0 Å². The average molecular weight is 94.2 g/mol. The Hall–Kier alpha value is 0. The lowest BCUT2D eigenvalue weighted by atomic mass is 9.60. The molecule has 0 aromatic carbocycles. The van der Waals surface area contributed by atoms with Gasteiger partial charge in [0.15, 0.2) is 0 Å². The van der Waals surface area contributed by atoms with Crippen LogP contribution in [0.2, 0.25) is 0 Å². The summed E-state index contributed by atoms with van der Waals surface area (Å²) in [6, 6.07) is 0. The minimum Gasteiger partial charge on any atom is -0.0496 e. The first kappa shape index (κ1) is 3.11. The standard InChI is InChI=1S/C7H10/c1-2-5-4(1)6-3-7(5)6/h4-7H,1-3H2/t4-,5-,6+,7+/m1/s1. The SMILES string of the molecule is C1C[C@@H]2[C@@H]1[C@@H]1C[C@@H]21. The number of hydrogen-bond donors (Lipinski definition) is 0. The fourth-order valence-corrected chi connectivity index (χ4v) is 2.69. The molecule has 0 aromatic rings. The van der Waals surface area contributed by atoms with Gasteiger partial charge in [-0.05, 0) is 42.9 Å². The fraction of sp³-hybridized carbons (Fsp3) is 1.00. The topological polar surface area (TPSA) is 0 Å². The quantitative estimate of drug-likeness (QED) is 0.428. The van der Waals surface area contributed by atoms with E-state index in [1.54, 1.807) is 19.3 Å². The van der Waals surface area contributed by atoms with Crippen LogP contribution >= 0.6 is 0 Å². The minimum absolute atomic E-state index is 1.25. The summed E-state index contributed by atoms with van der Waals surface area (Å²) >= 11 is 0. The highest BCUT2D eigenvalue weighted by Crippen LogP contribution is 2.71. The van der Waals surface area contributed by atoms with E-state index in [4.69, 9.17) is 0 Å².